The van der Waals surface area contributed by atoms with Crippen LogP contribution in [0.5, 0.6) is 17.2 Å². The number of hydrogen-bond acceptors (Lipinski definition) is 3. The number of aryl methyl sites for hydroxylation is 1. The number of halogens is 1. The maximum Gasteiger partial charge on any atom is 0.150 e. The normalized spacial score (nSPS) is 10.4. The minimum Gasteiger partial charge on any atom is -0.496 e. The lowest BCUT2D eigenvalue weighted by atomic mass is 10.1. The summed E-state index contributed by atoms with van der Waals surface area (Å²) >= 11 is 0. The fourth-order valence-corrected chi connectivity index (χ4v) is 2.53. The molecule has 3 rings (SSSR count). The van der Waals surface area contributed by atoms with Crippen molar-refractivity contribution in [1.29, 1.82) is 0 Å². The molecule has 0 aromatic heterocycles. The molecule has 0 saturated heterocycles. The highest BCUT2D eigenvalue weighted by atomic mass is 19.1. The number of methoxy groups -OCH3 is 1. The van der Waals surface area contributed by atoms with Crippen molar-refractivity contribution < 1.29 is 13.9 Å². The largest absolute Gasteiger partial charge is 0.496 e. The van der Waals surface area contributed by atoms with E-state index in [1.165, 1.54) is 12.1 Å². The summed E-state index contributed by atoms with van der Waals surface area (Å²) in [6, 6.07) is 19.8. The quantitative estimate of drug-likeness (QED) is 0.640. The number of benzene rings is 3. The van der Waals surface area contributed by atoms with Gasteiger partial charge in [-0.25, -0.2) is 4.39 Å². The summed E-state index contributed by atoms with van der Waals surface area (Å²) in [6.45, 7) is 2.51. The molecule has 3 aromatic carbocycles. The molecule has 0 fully saturated rings. The van der Waals surface area contributed by atoms with Crippen molar-refractivity contribution in [3.05, 3.63) is 83.7 Å². The van der Waals surface area contributed by atoms with Crippen LogP contribution in [0, 0.1) is 12.7 Å². The lowest BCUT2D eigenvalue weighted by Crippen LogP contribution is -2.03. The Labute approximate surface area is 147 Å². The Kier molecular flexibility index (Phi) is 5.19. The first kappa shape index (κ1) is 16.8. The van der Waals surface area contributed by atoms with Gasteiger partial charge in [0.15, 0.2) is 5.75 Å². The van der Waals surface area contributed by atoms with Gasteiger partial charge in [0.1, 0.15) is 17.3 Å². The summed E-state index contributed by atoms with van der Waals surface area (Å²) in [5, 5.41) is 3.24. The number of rotatable bonds is 6. The van der Waals surface area contributed by atoms with Gasteiger partial charge < -0.3 is 14.8 Å². The number of hydrogen-bond donors (Lipinski definition) is 1. The van der Waals surface area contributed by atoms with E-state index in [0.29, 0.717) is 23.7 Å². The molecule has 0 heterocycles. The van der Waals surface area contributed by atoms with Crippen molar-refractivity contribution in [2.75, 3.05) is 12.4 Å². The topological polar surface area (TPSA) is 30.5 Å². The average Bonchev–Trinajstić information content (AvgIpc) is 2.63. The first-order valence-electron chi connectivity index (χ1n) is 8.05. The van der Waals surface area contributed by atoms with E-state index in [4.69, 9.17) is 9.47 Å². The molecule has 0 atom stereocenters. The van der Waals surface area contributed by atoms with E-state index in [1.54, 1.807) is 13.2 Å². The Morgan fingerprint density at radius 2 is 1.72 bits per heavy atom. The predicted octanol–water partition coefficient (Wildman–Crippen LogP) is 5.55. The highest BCUT2D eigenvalue weighted by molar-refractivity contribution is 5.58. The first-order valence-corrected chi connectivity index (χ1v) is 8.05. The molecule has 1 N–H and O–H groups in total. The number of para-hydroxylation sites is 1. The number of ether oxygens (including phenoxy) is 2. The molecule has 0 spiro atoms. The molecule has 0 bridgehead atoms. The Hall–Kier alpha value is -3.01. The third kappa shape index (κ3) is 4.29. The second-order valence-corrected chi connectivity index (χ2v) is 5.72. The van der Waals surface area contributed by atoms with Gasteiger partial charge in [0.2, 0.25) is 0 Å². The number of nitrogens with one attached hydrogen (secondary N) is 1. The molecule has 0 amide bonds. The summed E-state index contributed by atoms with van der Waals surface area (Å²) in [5.74, 6) is 1.75. The van der Waals surface area contributed by atoms with Crippen LogP contribution in [0.4, 0.5) is 10.1 Å². The van der Waals surface area contributed by atoms with Crippen molar-refractivity contribution >= 4 is 5.69 Å². The smallest absolute Gasteiger partial charge is 0.150 e. The van der Waals surface area contributed by atoms with Crippen LogP contribution in [-0.4, -0.2) is 7.11 Å². The second-order valence-electron chi connectivity index (χ2n) is 5.72. The Morgan fingerprint density at radius 1 is 0.920 bits per heavy atom. The zero-order valence-corrected chi connectivity index (χ0v) is 14.3. The summed E-state index contributed by atoms with van der Waals surface area (Å²) in [7, 11) is 1.64. The summed E-state index contributed by atoms with van der Waals surface area (Å²) < 4.78 is 25.0. The molecule has 25 heavy (non-hydrogen) atoms. The molecule has 0 unspecified atom stereocenters. The molecule has 0 aliphatic heterocycles. The lowest BCUT2D eigenvalue weighted by Gasteiger charge is -2.15. The van der Waals surface area contributed by atoms with E-state index < -0.39 is 0 Å². The van der Waals surface area contributed by atoms with Gasteiger partial charge in [0, 0.05) is 18.2 Å². The maximum absolute atomic E-state index is 13.7. The third-order valence-electron chi connectivity index (χ3n) is 3.82. The van der Waals surface area contributed by atoms with E-state index >= 15 is 0 Å². The Balaban J connectivity index is 1.81. The van der Waals surface area contributed by atoms with Crippen LogP contribution in [0.25, 0.3) is 0 Å². The van der Waals surface area contributed by atoms with Crippen LogP contribution < -0.4 is 14.8 Å². The zero-order chi connectivity index (χ0) is 17.6. The van der Waals surface area contributed by atoms with Gasteiger partial charge >= 0.3 is 0 Å². The zero-order valence-electron chi connectivity index (χ0n) is 14.3. The van der Waals surface area contributed by atoms with E-state index in [0.717, 1.165) is 16.9 Å². The predicted molar refractivity (Wildman–Crippen MR) is 98.0 cm³/mol. The molecular weight excluding hydrogens is 317 g/mol. The SMILES string of the molecule is COc1cc(C)ccc1CNc1cc(F)ccc1Oc1ccccc1. The molecule has 4 heteroatoms. The molecule has 3 aromatic rings. The fraction of sp³-hybridized carbons (Fsp3) is 0.143. The third-order valence-corrected chi connectivity index (χ3v) is 3.82. The molecular formula is C21H20FNO2. The van der Waals surface area contributed by atoms with Crippen molar-refractivity contribution in [1.82, 2.24) is 0 Å². The van der Waals surface area contributed by atoms with Crippen molar-refractivity contribution in [3.8, 4) is 17.2 Å². The van der Waals surface area contributed by atoms with Gasteiger partial charge in [-0.05, 0) is 42.8 Å². The van der Waals surface area contributed by atoms with Gasteiger partial charge in [-0.1, -0.05) is 30.3 Å². The van der Waals surface area contributed by atoms with E-state index in [9.17, 15) is 4.39 Å². The van der Waals surface area contributed by atoms with E-state index in [1.807, 2.05) is 55.5 Å². The van der Waals surface area contributed by atoms with E-state index in [-0.39, 0.29) is 5.82 Å². The monoisotopic (exact) mass is 337 g/mol. The maximum atomic E-state index is 13.7. The van der Waals surface area contributed by atoms with Crippen LogP contribution >= 0.6 is 0 Å². The van der Waals surface area contributed by atoms with Gasteiger partial charge in [0.25, 0.3) is 0 Å². The summed E-state index contributed by atoms with van der Waals surface area (Å²) in [4.78, 5) is 0. The molecule has 0 saturated carbocycles. The van der Waals surface area contributed by atoms with Gasteiger partial charge in [-0.3, -0.25) is 0 Å². The van der Waals surface area contributed by atoms with E-state index in [2.05, 4.69) is 5.32 Å². The van der Waals surface area contributed by atoms with Crippen LogP contribution in [0.1, 0.15) is 11.1 Å². The highest BCUT2D eigenvalue weighted by Crippen LogP contribution is 2.31. The van der Waals surface area contributed by atoms with Crippen LogP contribution in [0.15, 0.2) is 66.7 Å². The summed E-state index contributed by atoms with van der Waals surface area (Å²) in [5.41, 5.74) is 2.70. The van der Waals surface area contributed by atoms with Crippen molar-refractivity contribution in [2.45, 2.75) is 13.5 Å². The van der Waals surface area contributed by atoms with Crippen molar-refractivity contribution in [2.24, 2.45) is 0 Å². The summed E-state index contributed by atoms with van der Waals surface area (Å²) in [6.07, 6.45) is 0. The molecule has 0 aliphatic carbocycles. The fourth-order valence-electron chi connectivity index (χ4n) is 2.53. The lowest BCUT2D eigenvalue weighted by molar-refractivity contribution is 0.410. The minimum absolute atomic E-state index is 0.321. The molecule has 0 aliphatic rings. The van der Waals surface area contributed by atoms with Crippen LogP contribution in [0.3, 0.4) is 0 Å². The Bertz CT molecular complexity index is 850. The van der Waals surface area contributed by atoms with Gasteiger partial charge in [-0.2, -0.15) is 0 Å². The number of anilines is 1. The van der Waals surface area contributed by atoms with Gasteiger partial charge in [-0.15, -0.1) is 0 Å². The highest BCUT2D eigenvalue weighted by Gasteiger charge is 2.09. The minimum atomic E-state index is -0.321. The first-order chi connectivity index (χ1) is 12.2. The van der Waals surface area contributed by atoms with Crippen LogP contribution in [-0.2, 0) is 6.54 Å². The van der Waals surface area contributed by atoms with Crippen LogP contribution in [0.2, 0.25) is 0 Å². The van der Waals surface area contributed by atoms with Gasteiger partial charge in [0.05, 0.1) is 12.8 Å². The molecule has 3 nitrogen and oxygen atoms in total. The standard InChI is InChI=1S/C21H20FNO2/c1-15-8-9-16(21(12-15)24-2)14-23-19-13-17(22)10-11-20(19)25-18-6-4-3-5-7-18/h3-13,23H,14H2,1-2H3. The second kappa shape index (κ2) is 7.71. The molecule has 0 radical (unpaired) electrons. The van der Waals surface area contributed by atoms with Crippen molar-refractivity contribution in [3.63, 3.8) is 0 Å². The Morgan fingerprint density at radius 3 is 2.48 bits per heavy atom. The molecule has 128 valence electrons. The average molecular weight is 337 g/mol.